The molecule has 9 heavy (non-hydrogen) atoms. The second-order valence-electron chi connectivity index (χ2n) is 1.18. The van der Waals surface area contributed by atoms with Gasteiger partial charge in [-0.3, -0.25) is 4.18 Å². The van der Waals surface area contributed by atoms with Gasteiger partial charge in [-0.15, -0.1) is 0 Å². The average Bonchev–Trinajstić information content (AvgIpc) is 1.61. The van der Waals surface area contributed by atoms with Gasteiger partial charge in [0.2, 0.25) is 0 Å². The summed E-state index contributed by atoms with van der Waals surface area (Å²) in [6, 6.07) is 0. The summed E-state index contributed by atoms with van der Waals surface area (Å²) in [6.07, 6.45) is -0.720. The number of nitrogens with two attached hydrogens (primary N) is 2. The van der Waals surface area contributed by atoms with Crippen LogP contribution in [-0.2, 0) is 15.2 Å². The zero-order chi connectivity index (χ0) is 6.57. The summed E-state index contributed by atoms with van der Waals surface area (Å²) in [4.78, 5) is 0. The summed E-state index contributed by atoms with van der Waals surface area (Å²) in [5.74, 6) is 0. The number of thiol groups is 1. The fourth-order valence-electron chi connectivity index (χ4n) is 0.147. The summed E-state index contributed by atoms with van der Waals surface area (Å²) >= 11 is 0. The summed E-state index contributed by atoms with van der Waals surface area (Å²) < 4.78 is 23.2. The normalized spacial score (nSPS) is 9.78. The average molecular weight is 164 g/mol. The van der Waals surface area contributed by atoms with Gasteiger partial charge in [-0.25, -0.2) is 8.42 Å². The van der Waals surface area contributed by atoms with Gasteiger partial charge in [0.1, 0.15) is 0 Å². The summed E-state index contributed by atoms with van der Waals surface area (Å²) in [7, 11) is -2.79. The monoisotopic (exact) mass is 164 g/mol. The molecule has 0 aliphatic carbocycles. The van der Waals surface area contributed by atoms with E-state index >= 15 is 0 Å². The van der Waals surface area contributed by atoms with Gasteiger partial charge >= 0.3 is 29.6 Å². The fraction of sp³-hybridized carbons (Fsp3) is 1.00. The third kappa shape index (κ3) is 12.1. The topological polar surface area (TPSA) is 95.4 Å². The Balaban J connectivity index is 0. The number of hydrogen-bond donors (Lipinski definition) is 3. The molecule has 0 bridgehead atoms. The molecule has 0 aromatic carbocycles. The molecule has 0 saturated heterocycles. The molecule has 52 valence electrons. The van der Waals surface area contributed by atoms with Crippen LogP contribution in [0.1, 0.15) is 0 Å². The van der Waals surface area contributed by atoms with Crippen molar-refractivity contribution >= 4 is 40.5 Å². The molecule has 0 atom stereocenters. The van der Waals surface area contributed by atoms with Crippen molar-refractivity contribution in [3.8, 4) is 0 Å². The first-order valence-electron chi connectivity index (χ1n) is 1.91. The first-order chi connectivity index (χ1) is 3.63. The second-order valence-corrected chi connectivity index (χ2v) is 1.89. The van der Waals surface area contributed by atoms with E-state index in [0.717, 1.165) is 0 Å². The molecule has 5 nitrogen and oxygen atoms in total. The van der Waals surface area contributed by atoms with Gasteiger partial charge in [0.05, 0.1) is 12.8 Å². The molecule has 0 radical (unpaired) electrons. The number of rotatable bonds is 3. The molecule has 0 saturated carbocycles. The maximum atomic E-state index is 9.61. The molecule has 0 aromatic heterocycles. The zero-order valence-electron chi connectivity index (χ0n) is 4.11. The van der Waals surface area contributed by atoms with Crippen molar-refractivity contribution < 1.29 is 12.6 Å². The molecule has 7 heteroatoms. The molecule has 0 fully saturated rings. The van der Waals surface area contributed by atoms with Crippen molar-refractivity contribution in [1.29, 1.82) is 0 Å². The van der Waals surface area contributed by atoms with Crippen LogP contribution in [0.25, 0.3) is 0 Å². The third-order valence-electron chi connectivity index (χ3n) is 0.372. The first kappa shape index (κ1) is 12.5. The number of hydrogen-bond acceptors (Lipinski definition) is 5. The SMILES string of the molecule is NC(N)CO[SH](=O)=O.[NaH]. The molecule has 0 heterocycles. The van der Waals surface area contributed by atoms with Gasteiger partial charge < -0.3 is 11.5 Å². The molecular weight excluding hydrogens is 155 g/mol. The van der Waals surface area contributed by atoms with Crippen LogP contribution in [-0.4, -0.2) is 50.7 Å². The van der Waals surface area contributed by atoms with E-state index in [-0.39, 0.29) is 36.2 Å². The van der Waals surface area contributed by atoms with E-state index in [2.05, 4.69) is 4.18 Å². The summed E-state index contributed by atoms with van der Waals surface area (Å²) in [6.45, 7) is -0.154. The van der Waals surface area contributed by atoms with Crippen molar-refractivity contribution in [3.05, 3.63) is 0 Å². The van der Waals surface area contributed by atoms with Crippen LogP contribution in [0.15, 0.2) is 0 Å². The van der Waals surface area contributed by atoms with Crippen molar-refractivity contribution in [2.75, 3.05) is 6.61 Å². The van der Waals surface area contributed by atoms with E-state index in [4.69, 9.17) is 11.5 Å². The molecule has 0 amide bonds. The van der Waals surface area contributed by atoms with Crippen LogP contribution in [0, 0.1) is 0 Å². The summed E-state index contributed by atoms with van der Waals surface area (Å²) in [5.41, 5.74) is 9.85. The molecule has 0 aromatic rings. The summed E-state index contributed by atoms with van der Waals surface area (Å²) in [5, 5.41) is 0. The zero-order valence-corrected chi connectivity index (χ0v) is 5.01. The van der Waals surface area contributed by atoms with Gasteiger partial charge in [0.25, 0.3) is 11.0 Å². The molecule has 0 rings (SSSR count). The molecule has 0 spiro atoms. The van der Waals surface area contributed by atoms with Gasteiger partial charge in [0.15, 0.2) is 0 Å². The molecular formula is C2H9N2NaO3S. The van der Waals surface area contributed by atoms with E-state index in [9.17, 15) is 8.42 Å². The Kier molecular flexibility index (Phi) is 9.64. The molecule has 0 unspecified atom stereocenters. The molecule has 0 aliphatic heterocycles. The molecule has 0 aliphatic rings. The van der Waals surface area contributed by atoms with Crippen LogP contribution in [0.2, 0.25) is 0 Å². The van der Waals surface area contributed by atoms with Crippen LogP contribution in [0.5, 0.6) is 0 Å². The van der Waals surface area contributed by atoms with Crippen LogP contribution >= 0.6 is 0 Å². The van der Waals surface area contributed by atoms with Crippen molar-refractivity contribution in [3.63, 3.8) is 0 Å². The van der Waals surface area contributed by atoms with Gasteiger partial charge in [-0.05, 0) is 0 Å². The van der Waals surface area contributed by atoms with E-state index in [1.165, 1.54) is 0 Å². The van der Waals surface area contributed by atoms with Gasteiger partial charge in [0, 0.05) is 0 Å². The fourth-order valence-corrected chi connectivity index (χ4v) is 0.441. The van der Waals surface area contributed by atoms with E-state index < -0.39 is 17.2 Å². The van der Waals surface area contributed by atoms with E-state index in [1.807, 2.05) is 0 Å². The maximum absolute atomic E-state index is 9.61. The van der Waals surface area contributed by atoms with Gasteiger partial charge in [-0.1, -0.05) is 0 Å². The van der Waals surface area contributed by atoms with Crippen LogP contribution in [0.4, 0.5) is 0 Å². The van der Waals surface area contributed by atoms with E-state index in [1.54, 1.807) is 0 Å². The van der Waals surface area contributed by atoms with Crippen LogP contribution in [0.3, 0.4) is 0 Å². The van der Waals surface area contributed by atoms with Crippen molar-refractivity contribution in [2.24, 2.45) is 11.5 Å². The molecule has 4 N–H and O–H groups in total. The Hall–Kier alpha value is 0.830. The standard InChI is InChI=1S/C2H8N2O3S.Na.H/c3-2(4)1-7-8(5)6;;/h2,8H,1,3-4H2;;. The predicted molar refractivity (Wildman–Crippen MR) is 35.6 cm³/mol. The van der Waals surface area contributed by atoms with E-state index in [0.29, 0.717) is 0 Å². The Morgan fingerprint density at radius 3 is 2.00 bits per heavy atom. The van der Waals surface area contributed by atoms with Gasteiger partial charge in [-0.2, -0.15) is 0 Å². The quantitative estimate of drug-likeness (QED) is 0.237. The Labute approximate surface area is 77.2 Å². The van der Waals surface area contributed by atoms with Crippen LogP contribution < -0.4 is 11.5 Å². The Morgan fingerprint density at radius 2 is 1.89 bits per heavy atom. The minimum atomic E-state index is -2.79. The third-order valence-corrected chi connectivity index (χ3v) is 0.732. The second kappa shape index (κ2) is 6.94. The Bertz CT molecular complexity index is 117. The minimum absolute atomic E-state index is 0. The van der Waals surface area contributed by atoms with Crippen molar-refractivity contribution in [2.45, 2.75) is 6.17 Å². The Morgan fingerprint density at radius 1 is 1.44 bits per heavy atom. The predicted octanol–water partition coefficient (Wildman–Crippen LogP) is -2.88. The van der Waals surface area contributed by atoms with Crippen molar-refractivity contribution in [1.82, 2.24) is 0 Å². The first-order valence-corrected chi connectivity index (χ1v) is 3.01.